The van der Waals surface area contributed by atoms with E-state index in [4.69, 9.17) is 17.3 Å². The number of aromatic nitrogens is 2. The fourth-order valence-electron chi connectivity index (χ4n) is 0.752. The predicted octanol–water partition coefficient (Wildman–Crippen LogP) is 1.27. The molecule has 1 aromatic heterocycles. The van der Waals surface area contributed by atoms with Crippen LogP contribution in [0.5, 0.6) is 0 Å². The van der Waals surface area contributed by atoms with Crippen molar-refractivity contribution < 1.29 is 0 Å². The quantitative estimate of drug-likeness (QED) is 0.668. The summed E-state index contributed by atoms with van der Waals surface area (Å²) in [5.41, 5.74) is 6.35. The molecule has 0 radical (unpaired) electrons. The van der Waals surface area contributed by atoms with Gasteiger partial charge < -0.3 is 5.73 Å². The van der Waals surface area contributed by atoms with Crippen LogP contribution in [0.25, 0.3) is 0 Å². The van der Waals surface area contributed by atoms with Crippen LogP contribution in [-0.2, 0) is 6.42 Å². The molecule has 0 saturated carbocycles. The number of halogens is 1. The Morgan fingerprint density at radius 1 is 1.70 bits per heavy atom. The van der Waals surface area contributed by atoms with Gasteiger partial charge in [0.05, 0.1) is 11.2 Å². The molecule has 1 rings (SSSR count). The van der Waals surface area contributed by atoms with Gasteiger partial charge in [-0.2, -0.15) is 5.10 Å². The molecule has 3 nitrogen and oxygen atoms in total. The van der Waals surface area contributed by atoms with E-state index in [1.165, 1.54) is 6.20 Å². The molecular weight excluding hydrogens is 150 g/mol. The zero-order valence-electron chi connectivity index (χ0n) is 5.63. The molecule has 0 amide bonds. The molecule has 54 valence electrons. The Bertz CT molecular complexity index is 216. The average molecular weight is 158 g/mol. The van der Waals surface area contributed by atoms with Crippen LogP contribution in [0.3, 0.4) is 0 Å². The average Bonchev–Trinajstić information content (AvgIpc) is 1.88. The Morgan fingerprint density at radius 2 is 2.40 bits per heavy atom. The number of anilines is 1. The van der Waals surface area contributed by atoms with Crippen molar-refractivity contribution in [3.8, 4) is 0 Å². The third-order valence-electron chi connectivity index (χ3n) is 1.29. The van der Waals surface area contributed by atoms with Crippen molar-refractivity contribution in [3.63, 3.8) is 0 Å². The van der Waals surface area contributed by atoms with Crippen molar-refractivity contribution in [2.75, 3.05) is 5.73 Å². The highest BCUT2D eigenvalue weighted by atomic mass is 35.5. The molecule has 0 spiro atoms. The Hall–Kier alpha value is -0.830. The summed E-state index contributed by atoms with van der Waals surface area (Å²) in [5, 5.41) is 7.83. The van der Waals surface area contributed by atoms with Gasteiger partial charge in [0, 0.05) is 5.56 Å². The van der Waals surface area contributed by atoms with E-state index in [2.05, 4.69) is 10.2 Å². The molecular formula is C6H8ClN3. The molecule has 0 aromatic carbocycles. The van der Waals surface area contributed by atoms with Crippen LogP contribution in [0.4, 0.5) is 5.82 Å². The zero-order chi connectivity index (χ0) is 7.56. The summed E-state index contributed by atoms with van der Waals surface area (Å²) in [7, 11) is 0. The number of nitrogens with zero attached hydrogens (tertiary/aromatic N) is 2. The first kappa shape index (κ1) is 7.28. The number of rotatable bonds is 1. The van der Waals surface area contributed by atoms with E-state index in [0.29, 0.717) is 10.8 Å². The number of nitrogen functional groups attached to an aromatic ring is 1. The highest BCUT2D eigenvalue weighted by molar-refractivity contribution is 6.31. The van der Waals surface area contributed by atoms with Crippen LogP contribution < -0.4 is 5.73 Å². The maximum atomic E-state index is 5.75. The lowest BCUT2D eigenvalue weighted by molar-refractivity contribution is 0.996. The van der Waals surface area contributed by atoms with Crippen LogP contribution in [0, 0.1) is 0 Å². The third-order valence-corrected chi connectivity index (χ3v) is 1.61. The maximum absolute atomic E-state index is 5.75. The standard InChI is InChI=1S/C6H8ClN3/c1-2-4-5(7)3-9-10-6(4)8/h3H,2H2,1H3,(H2,8,10). The van der Waals surface area contributed by atoms with Crippen LogP contribution in [-0.4, -0.2) is 10.2 Å². The van der Waals surface area contributed by atoms with Crippen molar-refractivity contribution in [1.29, 1.82) is 0 Å². The second kappa shape index (κ2) is 2.84. The minimum Gasteiger partial charge on any atom is -0.382 e. The molecule has 10 heavy (non-hydrogen) atoms. The number of hydrogen-bond donors (Lipinski definition) is 1. The van der Waals surface area contributed by atoms with Crippen molar-refractivity contribution >= 4 is 17.4 Å². The van der Waals surface area contributed by atoms with E-state index >= 15 is 0 Å². The summed E-state index contributed by atoms with van der Waals surface area (Å²) in [5.74, 6) is 0.426. The van der Waals surface area contributed by atoms with E-state index in [0.717, 1.165) is 12.0 Å². The summed E-state index contributed by atoms with van der Waals surface area (Å²) in [6.45, 7) is 1.97. The molecule has 0 fully saturated rings. The van der Waals surface area contributed by atoms with Crippen LogP contribution >= 0.6 is 11.6 Å². The SMILES string of the molecule is CCc1c(Cl)cnnc1N. The van der Waals surface area contributed by atoms with Gasteiger partial charge in [0.15, 0.2) is 5.82 Å². The highest BCUT2D eigenvalue weighted by Crippen LogP contribution is 2.18. The van der Waals surface area contributed by atoms with Gasteiger partial charge in [-0.1, -0.05) is 18.5 Å². The Balaban J connectivity index is 3.17. The topological polar surface area (TPSA) is 51.8 Å². The Morgan fingerprint density at radius 3 is 2.80 bits per heavy atom. The van der Waals surface area contributed by atoms with E-state index in [1.54, 1.807) is 0 Å². The second-order valence-electron chi connectivity index (χ2n) is 1.91. The molecule has 0 aliphatic rings. The normalized spacial score (nSPS) is 9.80. The third kappa shape index (κ3) is 1.19. The van der Waals surface area contributed by atoms with Crippen molar-refractivity contribution in [1.82, 2.24) is 10.2 Å². The molecule has 1 heterocycles. The lowest BCUT2D eigenvalue weighted by Gasteiger charge is -2.00. The first-order valence-electron chi connectivity index (χ1n) is 3.01. The van der Waals surface area contributed by atoms with Gasteiger partial charge in [-0.05, 0) is 6.42 Å². The molecule has 4 heteroatoms. The van der Waals surface area contributed by atoms with E-state index in [-0.39, 0.29) is 0 Å². The van der Waals surface area contributed by atoms with E-state index < -0.39 is 0 Å². The van der Waals surface area contributed by atoms with Crippen molar-refractivity contribution in [2.45, 2.75) is 13.3 Å². The Labute approximate surface area is 64.2 Å². The lowest BCUT2D eigenvalue weighted by atomic mass is 10.2. The first-order valence-corrected chi connectivity index (χ1v) is 3.39. The number of hydrogen-bond acceptors (Lipinski definition) is 3. The van der Waals surface area contributed by atoms with Crippen molar-refractivity contribution in [2.24, 2.45) is 0 Å². The predicted molar refractivity (Wildman–Crippen MR) is 40.8 cm³/mol. The lowest BCUT2D eigenvalue weighted by Crippen LogP contribution is -1.98. The van der Waals surface area contributed by atoms with Gasteiger partial charge in [0.25, 0.3) is 0 Å². The molecule has 0 atom stereocenters. The molecule has 0 aliphatic heterocycles. The summed E-state index contributed by atoms with van der Waals surface area (Å²) in [4.78, 5) is 0. The van der Waals surface area contributed by atoms with Gasteiger partial charge in [0.1, 0.15) is 0 Å². The molecule has 0 unspecified atom stereocenters. The fraction of sp³-hybridized carbons (Fsp3) is 0.333. The summed E-state index contributed by atoms with van der Waals surface area (Å²) in [6.07, 6.45) is 2.29. The Kier molecular flexibility index (Phi) is 2.06. The molecule has 1 aromatic rings. The molecule has 0 saturated heterocycles. The van der Waals surface area contributed by atoms with E-state index in [1.807, 2.05) is 6.92 Å². The largest absolute Gasteiger partial charge is 0.382 e. The smallest absolute Gasteiger partial charge is 0.150 e. The zero-order valence-corrected chi connectivity index (χ0v) is 6.39. The minimum atomic E-state index is 0.426. The van der Waals surface area contributed by atoms with E-state index in [9.17, 15) is 0 Å². The molecule has 2 N–H and O–H groups in total. The fourth-order valence-corrected chi connectivity index (χ4v) is 1.03. The van der Waals surface area contributed by atoms with Gasteiger partial charge in [0.2, 0.25) is 0 Å². The summed E-state index contributed by atoms with van der Waals surface area (Å²) < 4.78 is 0. The number of nitrogens with two attached hydrogens (primary N) is 1. The highest BCUT2D eigenvalue weighted by Gasteiger charge is 2.02. The van der Waals surface area contributed by atoms with Crippen LogP contribution in [0.15, 0.2) is 6.20 Å². The minimum absolute atomic E-state index is 0.426. The van der Waals surface area contributed by atoms with Gasteiger partial charge in [-0.25, -0.2) is 0 Å². The van der Waals surface area contributed by atoms with Gasteiger partial charge >= 0.3 is 0 Å². The van der Waals surface area contributed by atoms with Gasteiger partial charge in [-0.15, -0.1) is 5.10 Å². The molecule has 0 bridgehead atoms. The van der Waals surface area contributed by atoms with Crippen LogP contribution in [0.1, 0.15) is 12.5 Å². The second-order valence-corrected chi connectivity index (χ2v) is 2.32. The summed E-state index contributed by atoms with van der Waals surface area (Å²) >= 11 is 5.75. The van der Waals surface area contributed by atoms with Crippen molar-refractivity contribution in [3.05, 3.63) is 16.8 Å². The van der Waals surface area contributed by atoms with Crippen LogP contribution in [0.2, 0.25) is 5.02 Å². The first-order chi connectivity index (χ1) is 4.75. The summed E-state index contributed by atoms with van der Waals surface area (Å²) in [6, 6.07) is 0. The van der Waals surface area contributed by atoms with Gasteiger partial charge in [-0.3, -0.25) is 0 Å². The molecule has 0 aliphatic carbocycles. The monoisotopic (exact) mass is 157 g/mol. The maximum Gasteiger partial charge on any atom is 0.150 e.